The van der Waals surface area contributed by atoms with Gasteiger partial charge in [0.1, 0.15) is 6.04 Å². The maximum atomic E-state index is 13.3. The summed E-state index contributed by atoms with van der Waals surface area (Å²) in [5.41, 5.74) is 2.66. The van der Waals surface area contributed by atoms with Gasteiger partial charge in [-0.3, -0.25) is 9.59 Å². The molecular weight excluding hydrogens is 279 g/mol. The SMILES string of the molecule is NC(=O)C1COCCN1C(=O)C1(C(F)(F)F)CCNC1. The molecule has 0 aliphatic carbocycles. The lowest BCUT2D eigenvalue weighted by atomic mass is 9.84. The highest BCUT2D eigenvalue weighted by Gasteiger charge is 2.63. The van der Waals surface area contributed by atoms with Crippen LogP contribution in [0.4, 0.5) is 13.2 Å². The van der Waals surface area contributed by atoms with Crippen molar-refractivity contribution in [3.63, 3.8) is 0 Å². The van der Waals surface area contributed by atoms with Gasteiger partial charge < -0.3 is 20.7 Å². The summed E-state index contributed by atoms with van der Waals surface area (Å²) >= 11 is 0. The van der Waals surface area contributed by atoms with Gasteiger partial charge in [-0.25, -0.2) is 0 Å². The summed E-state index contributed by atoms with van der Waals surface area (Å²) in [6.07, 6.45) is -5.01. The van der Waals surface area contributed by atoms with Crippen molar-refractivity contribution in [2.45, 2.75) is 18.6 Å². The number of rotatable bonds is 2. The summed E-state index contributed by atoms with van der Waals surface area (Å²) in [5, 5.41) is 2.57. The molecule has 2 aliphatic rings. The predicted octanol–water partition coefficient (Wildman–Crippen LogP) is -0.759. The van der Waals surface area contributed by atoms with Crippen molar-refractivity contribution in [1.29, 1.82) is 0 Å². The van der Waals surface area contributed by atoms with Gasteiger partial charge in [-0.15, -0.1) is 0 Å². The van der Waals surface area contributed by atoms with Crippen LogP contribution in [0.5, 0.6) is 0 Å². The van der Waals surface area contributed by atoms with E-state index in [0.29, 0.717) is 0 Å². The first-order valence-electron chi connectivity index (χ1n) is 6.25. The van der Waals surface area contributed by atoms with E-state index in [0.717, 1.165) is 4.90 Å². The molecule has 2 amide bonds. The summed E-state index contributed by atoms with van der Waals surface area (Å²) in [6.45, 7) is -0.501. The quantitative estimate of drug-likeness (QED) is 0.701. The summed E-state index contributed by atoms with van der Waals surface area (Å²) in [5.74, 6) is -1.96. The second-order valence-corrected chi connectivity index (χ2v) is 5.00. The minimum absolute atomic E-state index is 0.0652. The molecule has 0 aromatic rings. The van der Waals surface area contributed by atoms with E-state index in [2.05, 4.69) is 5.32 Å². The van der Waals surface area contributed by atoms with Crippen LogP contribution >= 0.6 is 0 Å². The number of carbonyl (C=O) groups is 2. The molecule has 0 aromatic heterocycles. The second-order valence-electron chi connectivity index (χ2n) is 5.00. The van der Waals surface area contributed by atoms with Crippen LogP contribution in [0.1, 0.15) is 6.42 Å². The maximum Gasteiger partial charge on any atom is 0.404 e. The normalized spacial score (nSPS) is 31.4. The van der Waals surface area contributed by atoms with Crippen molar-refractivity contribution in [2.24, 2.45) is 11.1 Å². The smallest absolute Gasteiger partial charge is 0.377 e. The van der Waals surface area contributed by atoms with Gasteiger partial charge >= 0.3 is 6.18 Å². The summed E-state index contributed by atoms with van der Waals surface area (Å²) in [4.78, 5) is 24.6. The molecule has 2 atom stereocenters. The molecule has 2 unspecified atom stereocenters. The number of hydrogen-bond donors (Lipinski definition) is 2. The second kappa shape index (κ2) is 5.21. The Kier molecular flexibility index (Phi) is 3.92. The fourth-order valence-corrected chi connectivity index (χ4v) is 2.60. The first kappa shape index (κ1) is 15.0. The number of primary amides is 1. The predicted molar refractivity (Wildman–Crippen MR) is 61.5 cm³/mol. The molecule has 0 aromatic carbocycles. The zero-order valence-corrected chi connectivity index (χ0v) is 10.7. The Labute approximate surface area is 113 Å². The van der Waals surface area contributed by atoms with Gasteiger partial charge in [0, 0.05) is 13.1 Å². The molecule has 3 N–H and O–H groups in total. The first-order chi connectivity index (χ1) is 9.29. The molecule has 2 saturated heterocycles. The molecule has 2 heterocycles. The largest absolute Gasteiger partial charge is 0.404 e. The van der Waals surface area contributed by atoms with Crippen LogP contribution in [-0.2, 0) is 14.3 Å². The number of halogens is 3. The molecule has 6 nitrogen and oxygen atoms in total. The highest BCUT2D eigenvalue weighted by atomic mass is 19.4. The van der Waals surface area contributed by atoms with Crippen LogP contribution in [0.25, 0.3) is 0 Å². The van der Waals surface area contributed by atoms with Gasteiger partial charge in [0.15, 0.2) is 5.41 Å². The molecule has 2 aliphatic heterocycles. The highest BCUT2D eigenvalue weighted by Crippen LogP contribution is 2.44. The molecule has 0 radical (unpaired) electrons. The Morgan fingerprint density at radius 2 is 2.10 bits per heavy atom. The van der Waals surface area contributed by atoms with E-state index in [4.69, 9.17) is 10.5 Å². The molecule has 9 heteroatoms. The lowest BCUT2D eigenvalue weighted by Gasteiger charge is -2.40. The van der Waals surface area contributed by atoms with Gasteiger partial charge in [0.25, 0.3) is 0 Å². The van der Waals surface area contributed by atoms with Crippen LogP contribution in [0.15, 0.2) is 0 Å². The third-order valence-electron chi connectivity index (χ3n) is 3.83. The summed E-state index contributed by atoms with van der Waals surface area (Å²) in [7, 11) is 0. The Hall–Kier alpha value is -1.35. The number of alkyl halides is 3. The number of nitrogens with zero attached hydrogens (tertiary/aromatic N) is 1. The molecule has 2 rings (SSSR count). The van der Waals surface area contributed by atoms with E-state index in [-0.39, 0.29) is 32.7 Å². The lowest BCUT2D eigenvalue weighted by Crippen LogP contribution is -2.61. The number of hydrogen-bond acceptors (Lipinski definition) is 4. The fourth-order valence-electron chi connectivity index (χ4n) is 2.60. The van der Waals surface area contributed by atoms with Gasteiger partial charge in [-0.05, 0) is 13.0 Å². The Morgan fingerprint density at radius 1 is 1.40 bits per heavy atom. The minimum atomic E-state index is -4.67. The van der Waals surface area contributed by atoms with Crippen LogP contribution in [0, 0.1) is 5.41 Å². The third kappa shape index (κ3) is 2.35. The molecular formula is C11H16F3N3O3. The van der Waals surface area contributed by atoms with Gasteiger partial charge in [0.05, 0.1) is 13.2 Å². The summed E-state index contributed by atoms with van der Waals surface area (Å²) in [6, 6.07) is -1.14. The molecule has 0 spiro atoms. The standard InChI is InChI=1S/C11H16F3N3O3/c12-11(13,14)10(1-2-16-6-10)9(19)17-3-4-20-5-7(17)8(15)18/h7,16H,1-6H2,(H2,15,18). The van der Waals surface area contributed by atoms with Gasteiger partial charge in [-0.1, -0.05) is 0 Å². The van der Waals surface area contributed by atoms with Gasteiger partial charge in [0.2, 0.25) is 11.8 Å². The van der Waals surface area contributed by atoms with Crippen molar-refractivity contribution >= 4 is 11.8 Å². The third-order valence-corrected chi connectivity index (χ3v) is 3.83. The fraction of sp³-hybridized carbons (Fsp3) is 0.818. The monoisotopic (exact) mass is 295 g/mol. The van der Waals surface area contributed by atoms with E-state index in [1.807, 2.05) is 0 Å². The number of nitrogens with one attached hydrogen (secondary N) is 1. The van der Waals surface area contributed by atoms with E-state index in [1.165, 1.54) is 0 Å². The van der Waals surface area contributed by atoms with Crippen molar-refractivity contribution < 1.29 is 27.5 Å². The zero-order chi connectivity index (χ0) is 15.0. The Morgan fingerprint density at radius 3 is 2.60 bits per heavy atom. The average Bonchev–Trinajstić information content (AvgIpc) is 2.88. The first-order valence-corrected chi connectivity index (χ1v) is 6.25. The van der Waals surface area contributed by atoms with E-state index in [9.17, 15) is 22.8 Å². The number of carbonyl (C=O) groups excluding carboxylic acids is 2. The molecule has 20 heavy (non-hydrogen) atoms. The van der Waals surface area contributed by atoms with Crippen LogP contribution in [0.2, 0.25) is 0 Å². The average molecular weight is 295 g/mol. The molecule has 2 fully saturated rings. The van der Waals surface area contributed by atoms with E-state index in [1.54, 1.807) is 0 Å². The topological polar surface area (TPSA) is 84.7 Å². The molecule has 0 bridgehead atoms. The number of nitrogens with two attached hydrogens (primary N) is 1. The Balaban J connectivity index is 2.29. The van der Waals surface area contributed by atoms with E-state index >= 15 is 0 Å². The van der Waals surface area contributed by atoms with Crippen molar-refractivity contribution in [1.82, 2.24) is 10.2 Å². The number of morpholine rings is 1. The zero-order valence-electron chi connectivity index (χ0n) is 10.7. The highest BCUT2D eigenvalue weighted by molar-refractivity contribution is 5.90. The molecule has 0 saturated carbocycles. The number of amides is 2. The van der Waals surface area contributed by atoms with Crippen molar-refractivity contribution in [3.8, 4) is 0 Å². The van der Waals surface area contributed by atoms with Crippen LogP contribution < -0.4 is 11.1 Å². The summed E-state index contributed by atoms with van der Waals surface area (Å²) < 4.78 is 45.0. The molecule has 114 valence electrons. The maximum absolute atomic E-state index is 13.3. The lowest BCUT2D eigenvalue weighted by molar-refractivity contribution is -0.225. The van der Waals surface area contributed by atoms with Crippen LogP contribution in [-0.4, -0.2) is 61.8 Å². The number of ether oxygens (including phenoxy) is 1. The van der Waals surface area contributed by atoms with Gasteiger partial charge in [-0.2, -0.15) is 13.2 Å². The van der Waals surface area contributed by atoms with E-state index < -0.39 is 36.0 Å². The van der Waals surface area contributed by atoms with Crippen molar-refractivity contribution in [3.05, 3.63) is 0 Å². The minimum Gasteiger partial charge on any atom is -0.377 e. The van der Waals surface area contributed by atoms with Crippen molar-refractivity contribution in [2.75, 3.05) is 32.8 Å². The Bertz CT molecular complexity index is 407. The van der Waals surface area contributed by atoms with Crippen LogP contribution in [0.3, 0.4) is 0 Å².